The summed E-state index contributed by atoms with van der Waals surface area (Å²) in [7, 11) is -3.81. The van der Waals surface area contributed by atoms with Gasteiger partial charge in [0.25, 0.3) is 10.0 Å². The first kappa shape index (κ1) is 17.2. The number of halogens is 2. The first-order chi connectivity index (χ1) is 11.9. The van der Waals surface area contributed by atoms with Crippen molar-refractivity contribution in [1.29, 1.82) is 0 Å². The van der Waals surface area contributed by atoms with E-state index in [1.807, 2.05) is 0 Å². The number of nitrogens with one attached hydrogen (secondary N) is 2. The highest BCUT2D eigenvalue weighted by atomic mass is 35.5. The lowest BCUT2D eigenvalue weighted by Gasteiger charge is -2.10. The van der Waals surface area contributed by atoms with Crippen LogP contribution in [-0.4, -0.2) is 13.4 Å². The van der Waals surface area contributed by atoms with E-state index in [1.165, 1.54) is 30.5 Å². The molecule has 0 saturated carbocycles. The molecule has 0 radical (unpaired) electrons. The smallest absolute Gasteiger partial charge is 0.263 e. The lowest BCUT2D eigenvalue weighted by atomic mass is 10.3. The first-order valence-electron chi connectivity index (χ1n) is 7.20. The maximum atomic E-state index is 13.2. The zero-order chi connectivity index (χ0) is 17.9. The highest BCUT2D eigenvalue weighted by Gasteiger charge is 2.17. The van der Waals surface area contributed by atoms with Gasteiger partial charge in [0.1, 0.15) is 16.5 Å². The van der Waals surface area contributed by atoms with Crippen molar-refractivity contribution in [2.75, 3.05) is 10.0 Å². The van der Waals surface area contributed by atoms with E-state index < -0.39 is 10.0 Å². The van der Waals surface area contributed by atoms with Crippen LogP contribution in [0.25, 0.3) is 0 Å². The minimum Gasteiger partial charge on any atom is -0.340 e. The Kier molecular flexibility index (Phi) is 4.87. The van der Waals surface area contributed by atoms with Gasteiger partial charge in [-0.15, -0.1) is 0 Å². The molecule has 0 aliphatic carbocycles. The van der Waals surface area contributed by atoms with Gasteiger partial charge in [-0.2, -0.15) is 0 Å². The minimum absolute atomic E-state index is 0.0152. The van der Waals surface area contributed by atoms with Crippen LogP contribution in [0.3, 0.4) is 0 Å². The van der Waals surface area contributed by atoms with E-state index in [0.717, 1.165) is 0 Å². The third kappa shape index (κ3) is 4.26. The molecule has 128 valence electrons. The largest absolute Gasteiger partial charge is 0.340 e. The van der Waals surface area contributed by atoms with Crippen LogP contribution in [-0.2, 0) is 10.0 Å². The van der Waals surface area contributed by atoms with Crippen LogP contribution >= 0.6 is 11.6 Å². The van der Waals surface area contributed by atoms with E-state index >= 15 is 0 Å². The van der Waals surface area contributed by atoms with Crippen molar-refractivity contribution < 1.29 is 12.8 Å². The Bertz CT molecular complexity index is 995. The summed E-state index contributed by atoms with van der Waals surface area (Å²) in [6, 6.07) is 15.2. The third-order valence-corrected chi connectivity index (χ3v) is 5.12. The average Bonchev–Trinajstić information content (AvgIpc) is 2.57. The molecule has 8 heteroatoms. The number of sulfonamides is 1. The highest BCUT2D eigenvalue weighted by Crippen LogP contribution is 2.24. The number of pyridine rings is 1. The van der Waals surface area contributed by atoms with Crippen molar-refractivity contribution in [3.63, 3.8) is 0 Å². The second kappa shape index (κ2) is 7.08. The number of anilines is 3. The Balaban J connectivity index is 1.75. The quantitative estimate of drug-likeness (QED) is 0.690. The summed E-state index contributed by atoms with van der Waals surface area (Å²) < 4.78 is 40.3. The monoisotopic (exact) mass is 377 g/mol. The molecule has 1 heterocycles. The summed E-state index contributed by atoms with van der Waals surface area (Å²) in [6.07, 6.45) is 1.36. The summed E-state index contributed by atoms with van der Waals surface area (Å²) in [5.41, 5.74) is 0.821. The zero-order valence-corrected chi connectivity index (χ0v) is 14.4. The van der Waals surface area contributed by atoms with Gasteiger partial charge in [-0.25, -0.2) is 17.8 Å². The summed E-state index contributed by atoms with van der Waals surface area (Å²) in [5, 5.41) is 3.06. The Morgan fingerprint density at radius 2 is 1.76 bits per heavy atom. The predicted molar refractivity (Wildman–Crippen MR) is 96.2 cm³/mol. The Labute approximate surface area is 149 Å². The van der Waals surface area contributed by atoms with E-state index in [0.29, 0.717) is 11.5 Å². The highest BCUT2D eigenvalue weighted by molar-refractivity contribution is 7.92. The Morgan fingerprint density at radius 1 is 0.960 bits per heavy atom. The number of rotatable bonds is 5. The number of hydrogen-bond donors (Lipinski definition) is 2. The zero-order valence-electron chi connectivity index (χ0n) is 12.8. The van der Waals surface area contributed by atoms with Gasteiger partial charge < -0.3 is 5.32 Å². The van der Waals surface area contributed by atoms with Crippen LogP contribution in [0.5, 0.6) is 0 Å². The molecule has 3 rings (SSSR count). The molecule has 3 aromatic rings. The van der Waals surface area contributed by atoms with Crippen LogP contribution in [0.1, 0.15) is 0 Å². The number of nitrogens with zero attached hydrogens (tertiary/aromatic N) is 1. The van der Waals surface area contributed by atoms with E-state index in [-0.39, 0.29) is 21.4 Å². The molecule has 0 unspecified atom stereocenters. The molecule has 1 aromatic heterocycles. The Hall–Kier alpha value is -2.64. The molecule has 0 atom stereocenters. The molecule has 0 saturated heterocycles. The second-order valence-corrected chi connectivity index (χ2v) is 7.16. The van der Waals surface area contributed by atoms with Crippen LogP contribution in [0.2, 0.25) is 5.02 Å². The average molecular weight is 378 g/mol. The molecule has 0 aliphatic heterocycles. The fraction of sp³-hybridized carbons (Fsp3) is 0. The standard InChI is InChI=1S/C17H13ClFN3O2S/c18-15-6-1-2-7-16(15)25(23,24)22-14-8-9-17(20-11-14)21-13-5-3-4-12(19)10-13/h1-11,22H,(H,20,21). The molecule has 0 aliphatic rings. The first-order valence-corrected chi connectivity index (χ1v) is 9.06. The lowest BCUT2D eigenvalue weighted by Crippen LogP contribution is -2.13. The van der Waals surface area contributed by atoms with Crippen molar-refractivity contribution in [3.8, 4) is 0 Å². The number of benzene rings is 2. The number of aromatic nitrogens is 1. The molecule has 0 bridgehead atoms. The van der Waals surface area contributed by atoms with Gasteiger partial charge in [-0.3, -0.25) is 4.72 Å². The molecular weight excluding hydrogens is 365 g/mol. The van der Waals surface area contributed by atoms with Crippen LogP contribution in [0, 0.1) is 5.82 Å². The normalized spacial score (nSPS) is 11.1. The van der Waals surface area contributed by atoms with Gasteiger partial charge in [-0.05, 0) is 42.5 Å². The fourth-order valence-corrected chi connectivity index (χ4v) is 3.68. The van der Waals surface area contributed by atoms with Gasteiger partial charge in [0, 0.05) is 5.69 Å². The topological polar surface area (TPSA) is 71.1 Å². The van der Waals surface area contributed by atoms with Crippen molar-refractivity contribution in [2.45, 2.75) is 4.90 Å². The maximum Gasteiger partial charge on any atom is 0.263 e. The van der Waals surface area contributed by atoms with Crippen molar-refractivity contribution in [3.05, 3.63) is 77.7 Å². The summed E-state index contributed by atoms with van der Waals surface area (Å²) >= 11 is 5.93. The Morgan fingerprint density at radius 3 is 2.44 bits per heavy atom. The van der Waals surface area contributed by atoms with E-state index in [9.17, 15) is 12.8 Å². The van der Waals surface area contributed by atoms with Crippen LogP contribution in [0.15, 0.2) is 71.8 Å². The third-order valence-electron chi connectivity index (χ3n) is 3.24. The van der Waals surface area contributed by atoms with Gasteiger partial charge >= 0.3 is 0 Å². The summed E-state index contributed by atoms with van der Waals surface area (Å²) in [4.78, 5) is 4.10. The molecule has 2 N–H and O–H groups in total. The van der Waals surface area contributed by atoms with Crippen molar-refractivity contribution in [2.24, 2.45) is 0 Å². The SMILES string of the molecule is O=S(=O)(Nc1ccc(Nc2cccc(F)c2)nc1)c1ccccc1Cl. The molecule has 25 heavy (non-hydrogen) atoms. The minimum atomic E-state index is -3.81. The fourth-order valence-electron chi connectivity index (χ4n) is 2.12. The molecular formula is C17H13ClFN3O2S. The van der Waals surface area contributed by atoms with Crippen LogP contribution in [0.4, 0.5) is 21.6 Å². The van der Waals surface area contributed by atoms with Gasteiger partial charge in [-0.1, -0.05) is 29.8 Å². The van der Waals surface area contributed by atoms with E-state index in [1.54, 1.807) is 36.4 Å². The molecule has 0 amide bonds. The van der Waals surface area contributed by atoms with Crippen molar-refractivity contribution >= 4 is 38.8 Å². The van der Waals surface area contributed by atoms with Gasteiger partial charge in [0.2, 0.25) is 0 Å². The maximum absolute atomic E-state index is 13.2. The number of hydrogen-bond acceptors (Lipinski definition) is 4. The van der Waals surface area contributed by atoms with Crippen LogP contribution < -0.4 is 10.0 Å². The predicted octanol–water partition coefficient (Wildman–Crippen LogP) is 4.42. The van der Waals surface area contributed by atoms with Gasteiger partial charge in [0.05, 0.1) is 16.9 Å². The van der Waals surface area contributed by atoms with E-state index in [2.05, 4.69) is 15.0 Å². The van der Waals surface area contributed by atoms with Gasteiger partial charge in [0.15, 0.2) is 0 Å². The molecule has 5 nitrogen and oxygen atoms in total. The molecule has 0 fully saturated rings. The summed E-state index contributed by atoms with van der Waals surface area (Å²) in [6.45, 7) is 0. The van der Waals surface area contributed by atoms with E-state index in [4.69, 9.17) is 11.6 Å². The molecule has 2 aromatic carbocycles. The lowest BCUT2D eigenvalue weighted by molar-refractivity contribution is 0.601. The summed E-state index contributed by atoms with van der Waals surface area (Å²) in [5.74, 6) is 0.0837. The van der Waals surface area contributed by atoms with Crippen molar-refractivity contribution in [1.82, 2.24) is 4.98 Å². The second-order valence-electron chi connectivity index (χ2n) is 5.10. The molecule has 0 spiro atoms.